The first-order valence-electron chi connectivity index (χ1n) is 10.9. The molecule has 1 aromatic rings. The van der Waals surface area contributed by atoms with Crippen molar-refractivity contribution in [3.63, 3.8) is 0 Å². The number of H-pyrrole nitrogens is 1. The maximum Gasteiger partial charge on any atom is 0.335 e. The largest absolute Gasteiger partial charge is 0.470 e. The molecule has 0 amide bonds. The van der Waals surface area contributed by atoms with E-state index in [-0.39, 0.29) is 28.6 Å². The van der Waals surface area contributed by atoms with Gasteiger partial charge in [0.1, 0.15) is 6.10 Å². The molecule has 9 heteroatoms. The van der Waals surface area contributed by atoms with Gasteiger partial charge in [-0.15, -0.1) is 0 Å². The summed E-state index contributed by atoms with van der Waals surface area (Å²) in [6, 6.07) is 1.32. The summed E-state index contributed by atoms with van der Waals surface area (Å²) in [5.41, 5.74) is -1.15. The Labute approximate surface area is 183 Å². The maximum atomic E-state index is 12.3. The molecule has 0 fully saturated rings. The maximum absolute atomic E-state index is 12.3. The lowest BCUT2D eigenvalue weighted by Crippen LogP contribution is -2.48. The van der Waals surface area contributed by atoms with Crippen molar-refractivity contribution < 1.29 is 15.0 Å². The Hall–Kier alpha value is -1.43. The molecule has 1 aliphatic heterocycles. The van der Waals surface area contributed by atoms with Crippen LogP contribution in [0.1, 0.15) is 42.9 Å². The predicted octanol–water partition coefficient (Wildman–Crippen LogP) is 4.15. The lowest BCUT2D eigenvalue weighted by molar-refractivity contribution is 0.0339. The van der Waals surface area contributed by atoms with Gasteiger partial charge in [-0.1, -0.05) is 41.5 Å². The molecule has 0 saturated heterocycles. The Morgan fingerprint density at radius 2 is 1.67 bits per heavy atom. The zero-order valence-corrected chi connectivity index (χ0v) is 22.0. The number of rotatable bonds is 6. The van der Waals surface area contributed by atoms with Crippen LogP contribution in [0.2, 0.25) is 36.3 Å². The van der Waals surface area contributed by atoms with Crippen molar-refractivity contribution in [2.24, 2.45) is 0 Å². The summed E-state index contributed by atoms with van der Waals surface area (Å²) in [4.78, 5) is 26.0. The lowest BCUT2D eigenvalue weighted by Gasteiger charge is -2.40. The number of ether oxygens (including phenoxy) is 1. The highest BCUT2D eigenvalue weighted by molar-refractivity contribution is 6.74. The minimum Gasteiger partial charge on any atom is -0.470 e. The molecule has 170 valence electrons. The molecule has 0 radical (unpaired) electrons. The van der Waals surface area contributed by atoms with Gasteiger partial charge in [0.25, 0.3) is 5.56 Å². The molecule has 0 bridgehead atoms. The third-order valence-electron chi connectivity index (χ3n) is 6.55. The summed E-state index contributed by atoms with van der Waals surface area (Å²) in [5.74, 6) is 0.0776. The van der Waals surface area contributed by atoms with Crippen LogP contribution in [0.25, 0.3) is 5.88 Å². The Balaban J connectivity index is 2.43. The highest BCUT2D eigenvalue weighted by Crippen LogP contribution is 2.40. The Morgan fingerprint density at radius 3 is 2.17 bits per heavy atom. The Bertz CT molecular complexity index is 954. The Morgan fingerprint density at radius 1 is 1.10 bits per heavy atom. The first-order valence-corrected chi connectivity index (χ1v) is 16.2. The van der Waals surface area contributed by atoms with Crippen LogP contribution in [-0.4, -0.2) is 45.0 Å². The van der Waals surface area contributed by atoms with Crippen LogP contribution in [-0.2, 0) is 13.6 Å². The molecule has 0 aliphatic carbocycles. The molecule has 0 saturated carbocycles. The normalized spacial score (nSPS) is 21.6. The van der Waals surface area contributed by atoms with E-state index in [0.717, 1.165) is 4.57 Å². The molecule has 7 nitrogen and oxygen atoms in total. The quantitative estimate of drug-likeness (QED) is 0.652. The van der Waals surface area contributed by atoms with Crippen molar-refractivity contribution in [2.75, 3.05) is 6.61 Å². The third kappa shape index (κ3) is 5.43. The van der Waals surface area contributed by atoms with Gasteiger partial charge in [-0.3, -0.25) is 9.78 Å². The van der Waals surface area contributed by atoms with E-state index >= 15 is 0 Å². The van der Waals surface area contributed by atoms with Crippen LogP contribution in [0.5, 0.6) is 0 Å². The van der Waals surface area contributed by atoms with Gasteiger partial charge in [-0.05, 0) is 36.3 Å². The van der Waals surface area contributed by atoms with Crippen molar-refractivity contribution >= 4 is 22.5 Å². The van der Waals surface area contributed by atoms with E-state index < -0.39 is 40.1 Å². The zero-order chi connectivity index (χ0) is 24.0. The molecule has 1 N–H and O–H groups in total. The standard InChI is InChI=1S/C21H38N2O5Si2/c1-20(2,3)29(7,8)26-14-16-15(28-30(9,10)21(4,5)6)13-18(27-16)23-12-11-17(24)22-19(23)25/h11-13,15-16H,14H2,1-10H3,(H,22,24,25)/t15-,16+/m0/s1/i13D. The van der Waals surface area contributed by atoms with Gasteiger partial charge < -0.3 is 13.6 Å². The van der Waals surface area contributed by atoms with Crippen molar-refractivity contribution in [3.8, 4) is 0 Å². The molecular formula is C21H38N2O5Si2. The van der Waals surface area contributed by atoms with E-state index in [2.05, 4.69) is 72.7 Å². The molecular weight excluding hydrogens is 416 g/mol. The van der Waals surface area contributed by atoms with Crippen LogP contribution in [0, 0.1) is 0 Å². The average molecular weight is 456 g/mol. The molecule has 0 unspecified atom stereocenters. The summed E-state index contributed by atoms with van der Waals surface area (Å²) in [5, 5.41) is -0.0347. The van der Waals surface area contributed by atoms with Crippen molar-refractivity contribution in [1.29, 1.82) is 0 Å². The molecule has 0 spiro atoms. The number of hydrogen-bond acceptors (Lipinski definition) is 5. The van der Waals surface area contributed by atoms with Gasteiger partial charge in [-0.25, -0.2) is 9.36 Å². The van der Waals surface area contributed by atoms with Gasteiger partial charge in [0, 0.05) is 18.3 Å². The zero-order valence-electron chi connectivity index (χ0n) is 21.0. The van der Waals surface area contributed by atoms with Gasteiger partial charge >= 0.3 is 5.69 Å². The smallest absolute Gasteiger partial charge is 0.335 e. The minimum absolute atomic E-state index is 0.0251. The number of nitrogens with one attached hydrogen (secondary N) is 1. The van der Waals surface area contributed by atoms with Crippen LogP contribution in [0.15, 0.2) is 27.9 Å². The van der Waals surface area contributed by atoms with Crippen LogP contribution in [0.3, 0.4) is 0 Å². The fourth-order valence-corrected chi connectivity index (χ4v) is 4.60. The number of hydrogen-bond donors (Lipinski definition) is 1. The summed E-state index contributed by atoms with van der Waals surface area (Å²) in [7, 11) is -4.30. The monoisotopic (exact) mass is 455 g/mol. The fourth-order valence-electron chi connectivity index (χ4n) is 2.39. The van der Waals surface area contributed by atoms with Crippen LogP contribution < -0.4 is 11.2 Å². The number of nitrogens with zero attached hydrogens (tertiary/aromatic N) is 1. The van der Waals surface area contributed by atoms with Crippen LogP contribution in [0.4, 0.5) is 0 Å². The van der Waals surface area contributed by atoms with Crippen molar-refractivity contribution in [2.45, 2.75) is 90.0 Å². The second-order valence-electron chi connectivity index (χ2n) is 11.0. The molecule has 1 aromatic heterocycles. The summed E-state index contributed by atoms with van der Waals surface area (Å²) >= 11 is 0. The van der Waals surface area contributed by atoms with Crippen molar-refractivity contribution in [1.82, 2.24) is 9.55 Å². The van der Waals surface area contributed by atoms with Gasteiger partial charge in [0.2, 0.25) is 5.88 Å². The second kappa shape index (κ2) is 8.25. The highest BCUT2D eigenvalue weighted by Gasteiger charge is 2.44. The van der Waals surface area contributed by atoms with Crippen LogP contribution >= 0.6 is 0 Å². The van der Waals surface area contributed by atoms with Gasteiger partial charge in [0.15, 0.2) is 22.7 Å². The number of aromatic amines is 1. The highest BCUT2D eigenvalue weighted by atomic mass is 28.4. The van der Waals surface area contributed by atoms with E-state index in [4.69, 9.17) is 15.0 Å². The lowest BCUT2D eigenvalue weighted by atomic mass is 10.2. The predicted molar refractivity (Wildman–Crippen MR) is 126 cm³/mol. The third-order valence-corrected chi connectivity index (χ3v) is 15.5. The van der Waals surface area contributed by atoms with Gasteiger partial charge in [0.05, 0.1) is 7.98 Å². The fraction of sp³-hybridized carbons (Fsp3) is 0.714. The Kier molecular flexibility index (Phi) is 6.39. The SMILES string of the molecule is [2H]C1=C(n2ccc(=O)[nH]c2=O)O[C@H](CO[Si](C)(C)C(C)(C)C)[C@H]1O[Si](C)(C)C(C)(C)C. The first kappa shape index (κ1) is 23.2. The molecule has 2 heterocycles. The molecule has 0 aromatic carbocycles. The van der Waals surface area contributed by atoms with E-state index in [1.807, 2.05) is 0 Å². The summed E-state index contributed by atoms with van der Waals surface area (Å²) < 4.78 is 29.0. The minimum atomic E-state index is -2.24. The number of aromatic nitrogens is 2. The topological polar surface area (TPSA) is 82.6 Å². The van der Waals surface area contributed by atoms with E-state index in [9.17, 15) is 9.59 Å². The first-order chi connectivity index (χ1) is 13.9. The second-order valence-corrected chi connectivity index (χ2v) is 20.5. The van der Waals surface area contributed by atoms with E-state index in [0.29, 0.717) is 0 Å². The summed E-state index contributed by atoms with van der Waals surface area (Å²) in [6.45, 7) is 21.7. The average Bonchev–Trinajstić information content (AvgIpc) is 2.87. The summed E-state index contributed by atoms with van der Waals surface area (Å²) in [6.07, 6.45) is 0.120. The molecule has 2 rings (SSSR count). The molecule has 1 aliphatic rings. The molecule has 30 heavy (non-hydrogen) atoms. The van der Waals surface area contributed by atoms with E-state index in [1.54, 1.807) is 0 Å². The van der Waals surface area contributed by atoms with Gasteiger partial charge in [-0.2, -0.15) is 0 Å². The molecule has 2 atom stereocenters. The van der Waals surface area contributed by atoms with Crippen molar-refractivity contribution in [3.05, 3.63) is 39.2 Å². The van der Waals surface area contributed by atoms with E-state index in [1.165, 1.54) is 12.3 Å².